The Bertz CT molecular complexity index is 1270. The van der Waals surface area contributed by atoms with E-state index in [1.165, 1.54) is 16.8 Å². The molecular formula is C25H27N3O4S. The third kappa shape index (κ3) is 6.43. The first-order chi connectivity index (χ1) is 15.7. The summed E-state index contributed by atoms with van der Waals surface area (Å²) in [5.74, 6) is 0.333. The fraction of sp³-hybridized carbons (Fsp3) is 0.200. The molecule has 0 saturated heterocycles. The van der Waals surface area contributed by atoms with E-state index in [1.54, 1.807) is 43.5 Å². The zero-order valence-electron chi connectivity index (χ0n) is 19.1. The van der Waals surface area contributed by atoms with E-state index in [0.29, 0.717) is 17.0 Å². The number of nitrogens with one attached hydrogen (secondary N) is 1. The first-order valence-electron chi connectivity index (χ1n) is 10.3. The molecule has 0 aliphatic heterocycles. The SMILES string of the molecule is COc1cccc(/C=N\NC(=O)c2ccc(CN(c3ccc(C)c(C)c3)S(C)(=O)=O)cc2)c1. The molecule has 3 aromatic carbocycles. The summed E-state index contributed by atoms with van der Waals surface area (Å²) >= 11 is 0. The molecule has 3 aromatic rings. The van der Waals surface area contributed by atoms with Gasteiger partial charge in [-0.1, -0.05) is 30.3 Å². The summed E-state index contributed by atoms with van der Waals surface area (Å²) in [6.45, 7) is 4.09. The van der Waals surface area contributed by atoms with Crippen LogP contribution in [-0.4, -0.2) is 33.9 Å². The van der Waals surface area contributed by atoms with Crippen molar-refractivity contribution in [3.05, 3.63) is 94.5 Å². The minimum Gasteiger partial charge on any atom is -0.497 e. The maximum absolute atomic E-state index is 12.4. The number of amides is 1. The molecule has 0 spiro atoms. The molecule has 0 aromatic heterocycles. The fourth-order valence-electron chi connectivity index (χ4n) is 3.16. The number of aryl methyl sites for hydroxylation is 2. The van der Waals surface area contributed by atoms with Gasteiger partial charge in [-0.25, -0.2) is 13.8 Å². The van der Waals surface area contributed by atoms with E-state index in [-0.39, 0.29) is 12.5 Å². The van der Waals surface area contributed by atoms with Gasteiger partial charge in [0.2, 0.25) is 10.0 Å². The van der Waals surface area contributed by atoms with Crippen LogP contribution in [0.3, 0.4) is 0 Å². The zero-order chi connectivity index (χ0) is 24.0. The molecular weight excluding hydrogens is 438 g/mol. The molecule has 0 heterocycles. The summed E-state index contributed by atoms with van der Waals surface area (Å²) in [6.07, 6.45) is 2.71. The lowest BCUT2D eigenvalue weighted by Gasteiger charge is -2.23. The van der Waals surface area contributed by atoms with E-state index in [4.69, 9.17) is 4.74 Å². The Morgan fingerprint density at radius 2 is 1.76 bits per heavy atom. The van der Waals surface area contributed by atoms with Gasteiger partial charge in [0.1, 0.15) is 5.75 Å². The zero-order valence-corrected chi connectivity index (χ0v) is 19.9. The summed E-state index contributed by atoms with van der Waals surface area (Å²) in [5.41, 5.74) is 7.17. The van der Waals surface area contributed by atoms with Gasteiger partial charge >= 0.3 is 0 Å². The van der Waals surface area contributed by atoms with Gasteiger partial charge in [-0.05, 0) is 72.5 Å². The number of methoxy groups -OCH3 is 1. The van der Waals surface area contributed by atoms with Crippen molar-refractivity contribution in [2.75, 3.05) is 17.7 Å². The largest absolute Gasteiger partial charge is 0.497 e. The van der Waals surface area contributed by atoms with E-state index in [0.717, 1.165) is 22.3 Å². The third-order valence-electron chi connectivity index (χ3n) is 5.19. The Morgan fingerprint density at radius 1 is 1.03 bits per heavy atom. The van der Waals surface area contributed by atoms with Gasteiger partial charge in [-0.2, -0.15) is 5.10 Å². The second-order valence-corrected chi connectivity index (χ2v) is 9.62. The van der Waals surface area contributed by atoms with Gasteiger partial charge in [0.25, 0.3) is 5.91 Å². The number of ether oxygens (including phenoxy) is 1. The molecule has 0 saturated carbocycles. The van der Waals surface area contributed by atoms with E-state index in [9.17, 15) is 13.2 Å². The number of hydrogen-bond donors (Lipinski definition) is 1. The first-order valence-corrected chi connectivity index (χ1v) is 12.1. The van der Waals surface area contributed by atoms with Crippen molar-refractivity contribution in [1.29, 1.82) is 0 Å². The molecule has 1 N–H and O–H groups in total. The maximum Gasteiger partial charge on any atom is 0.271 e. The van der Waals surface area contributed by atoms with Crippen LogP contribution in [0.5, 0.6) is 5.75 Å². The van der Waals surface area contributed by atoms with Gasteiger partial charge in [0.05, 0.1) is 31.8 Å². The highest BCUT2D eigenvalue weighted by atomic mass is 32.2. The highest BCUT2D eigenvalue weighted by Crippen LogP contribution is 2.23. The van der Waals surface area contributed by atoms with Gasteiger partial charge < -0.3 is 4.74 Å². The third-order valence-corrected chi connectivity index (χ3v) is 6.34. The summed E-state index contributed by atoms with van der Waals surface area (Å²) in [5, 5.41) is 3.98. The number of carbonyl (C=O) groups is 1. The van der Waals surface area contributed by atoms with Crippen LogP contribution in [0.25, 0.3) is 0 Å². The molecule has 33 heavy (non-hydrogen) atoms. The Kier molecular flexibility index (Phi) is 7.50. The maximum atomic E-state index is 12.4. The number of hydrazone groups is 1. The number of benzene rings is 3. The van der Waals surface area contributed by atoms with E-state index >= 15 is 0 Å². The minimum atomic E-state index is -3.49. The lowest BCUT2D eigenvalue weighted by atomic mass is 10.1. The Hall–Kier alpha value is -3.65. The van der Waals surface area contributed by atoms with Crippen molar-refractivity contribution in [2.45, 2.75) is 20.4 Å². The molecule has 172 valence electrons. The summed E-state index contributed by atoms with van der Waals surface area (Å²) in [6, 6.07) is 19.6. The lowest BCUT2D eigenvalue weighted by molar-refractivity contribution is 0.0955. The van der Waals surface area contributed by atoms with Crippen LogP contribution in [0.1, 0.15) is 32.6 Å². The molecule has 0 bridgehead atoms. The van der Waals surface area contributed by atoms with Crippen LogP contribution in [0.4, 0.5) is 5.69 Å². The van der Waals surface area contributed by atoms with Gasteiger partial charge in [0.15, 0.2) is 0 Å². The number of hydrogen-bond acceptors (Lipinski definition) is 5. The average molecular weight is 466 g/mol. The molecule has 0 fully saturated rings. The summed E-state index contributed by atoms with van der Waals surface area (Å²) < 4.78 is 31.4. The molecule has 0 aliphatic rings. The molecule has 0 atom stereocenters. The Morgan fingerprint density at radius 3 is 2.39 bits per heavy atom. The number of sulfonamides is 1. The van der Waals surface area contributed by atoms with Gasteiger partial charge in [-0.15, -0.1) is 0 Å². The first kappa shape index (κ1) is 24.0. The molecule has 1 amide bonds. The molecule has 0 aliphatic carbocycles. The van der Waals surface area contributed by atoms with E-state index in [2.05, 4.69) is 10.5 Å². The highest BCUT2D eigenvalue weighted by molar-refractivity contribution is 7.92. The Balaban J connectivity index is 1.69. The second-order valence-electron chi connectivity index (χ2n) is 7.71. The number of carbonyl (C=O) groups excluding carboxylic acids is 1. The van der Waals surface area contributed by atoms with Crippen LogP contribution in [0.2, 0.25) is 0 Å². The topological polar surface area (TPSA) is 88.1 Å². The number of rotatable bonds is 8. The number of anilines is 1. The van der Waals surface area contributed by atoms with Crippen molar-refractivity contribution < 1.29 is 17.9 Å². The second kappa shape index (κ2) is 10.3. The predicted octanol–water partition coefficient (Wildman–Crippen LogP) is 4.04. The average Bonchev–Trinajstić information content (AvgIpc) is 2.79. The Labute approximate surface area is 194 Å². The smallest absolute Gasteiger partial charge is 0.271 e. The normalized spacial score (nSPS) is 11.4. The van der Waals surface area contributed by atoms with Crippen molar-refractivity contribution in [1.82, 2.24) is 5.43 Å². The lowest BCUT2D eigenvalue weighted by Crippen LogP contribution is -2.29. The van der Waals surface area contributed by atoms with Crippen LogP contribution in [0, 0.1) is 13.8 Å². The van der Waals surface area contributed by atoms with E-state index < -0.39 is 10.0 Å². The predicted molar refractivity (Wildman–Crippen MR) is 131 cm³/mol. The monoisotopic (exact) mass is 465 g/mol. The molecule has 7 nitrogen and oxygen atoms in total. The molecule has 0 radical (unpaired) electrons. The van der Waals surface area contributed by atoms with Crippen molar-refractivity contribution >= 4 is 27.8 Å². The molecule has 8 heteroatoms. The van der Waals surface area contributed by atoms with E-state index in [1.807, 2.05) is 44.2 Å². The number of nitrogens with zero attached hydrogens (tertiary/aromatic N) is 2. The fourth-order valence-corrected chi connectivity index (χ4v) is 4.04. The summed E-state index contributed by atoms with van der Waals surface area (Å²) in [4.78, 5) is 12.4. The highest BCUT2D eigenvalue weighted by Gasteiger charge is 2.18. The van der Waals surface area contributed by atoms with Crippen LogP contribution in [-0.2, 0) is 16.6 Å². The van der Waals surface area contributed by atoms with Gasteiger partial charge in [0, 0.05) is 5.56 Å². The molecule has 3 rings (SSSR count). The molecule has 0 unspecified atom stereocenters. The minimum absolute atomic E-state index is 0.164. The van der Waals surface area contributed by atoms with Crippen LogP contribution in [0.15, 0.2) is 71.8 Å². The van der Waals surface area contributed by atoms with Crippen molar-refractivity contribution in [2.24, 2.45) is 5.10 Å². The standard InChI is InChI=1S/C25H27N3O4S/c1-18-8-13-23(14-19(18)2)28(33(4,30)31)17-20-9-11-22(12-10-20)25(29)27-26-16-21-6-5-7-24(15-21)32-3/h5-16H,17H2,1-4H3,(H,27,29)/b26-16-. The van der Waals surface area contributed by atoms with Gasteiger partial charge in [-0.3, -0.25) is 9.10 Å². The quantitative estimate of drug-likeness (QED) is 0.402. The van der Waals surface area contributed by atoms with Crippen molar-refractivity contribution in [3.63, 3.8) is 0 Å². The summed E-state index contributed by atoms with van der Waals surface area (Å²) in [7, 11) is -1.91. The van der Waals surface area contributed by atoms with Crippen LogP contribution >= 0.6 is 0 Å². The van der Waals surface area contributed by atoms with Crippen LogP contribution < -0.4 is 14.5 Å². The van der Waals surface area contributed by atoms with Crippen molar-refractivity contribution in [3.8, 4) is 5.75 Å².